The molecule has 0 aliphatic heterocycles. The molecule has 0 spiro atoms. The first-order chi connectivity index (χ1) is 9.84. The van der Waals surface area contributed by atoms with Crippen molar-refractivity contribution >= 4 is 17.4 Å². The van der Waals surface area contributed by atoms with E-state index in [0.29, 0.717) is 6.54 Å². The molecule has 2 amide bonds. The van der Waals surface area contributed by atoms with Gasteiger partial charge in [0.15, 0.2) is 0 Å². The third kappa shape index (κ3) is 5.45. The molecular weight excluding hydrogens is 268 g/mol. The number of benzene rings is 1. The molecule has 3 nitrogen and oxygen atoms in total. The molecule has 1 heterocycles. The highest BCUT2D eigenvalue weighted by Gasteiger charge is 2.00. The molecular formula is C16H20N2OS. The Kier molecular flexibility index (Phi) is 6.11. The van der Waals surface area contributed by atoms with Crippen molar-refractivity contribution in [2.45, 2.75) is 25.8 Å². The number of hydrogen-bond donors (Lipinski definition) is 2. The number of hydrogen-bond acceptors (Lipinski definition) is 2. The molecule has 20 heavy (non-hydrogen) atoms. The van der Waals surface area contributed by atoms with E-state index >= 15 is 0 Å². The summed E-state index contributed by atoms with van der Waals surface area (Å²) in [5.41, 5.74) is 1.36. The van der Waals surface area contributed by atoms with Crippen LogP contribution in [0.2, 0.25) is 0 Å². The van der Waals surface area contributed by atoms with Crippen LogP contribution in [0.15, 0.2) is 47.8 Å². The molecule has 0 saturated heterocycles. The van der Waals surface area contributed by atoms with Crippen LogP contribution in [0, 0.1) is 0 Å². The zero-order valence-corrected chi connectivity index (χ0v) is 12.3. The molecule has 0 bridgehead atoms. The number of nitrogens with one attached hydrogen (secondary N) is 2. The Morgan fingerprint density at radius 2 is 1.85 bits per heavy atom. The van der Waals surface area contributed by atoms with Gasteiger partial charge in [0, 0.05) is 11.4 Å². The fraction of sp³-hybridized carbons (Fsp3) is 0.312. The topological polar surface area (TPSA) is 41.1 Å². The molecule has 1 aromatic carbocycles. The molecule has 2 N–H and O–H groups in total. The Bertz CT molecular complexity index is 496. The fourth-order valence-corrected chi connectivity index (χ4v) is 2.59. The zero-order chi connectivity index (χ0) is 14.0. The van der Waals surface area contributed by atoms with Crippen molar-refractivity contribution in [3.63, 3.8) is 0 Å². The van der Waals surface area contributed by atoms with Gasteiger partial charge in [-0.25, -0.2) is 4.79 Å². The Morgan fingerprint density at radius 1 is 1.00 bits per heavy atom. The largest absolute Gasteiger partial charge is 0.338 e. The lowest BCUT2D eigenvalue weighted by molar-refractivity contribution is 0.240. The van der Waals surface area contributed by atoms with E-state index in [1.807, 2.05) is 23.6 Å². The predicted molar refractivity (Wildman–Crippen MR) is 83.9 cm³/mol. The summed E-state index contributed by atoms with van der Waals surface area (Å²) in [6.45, 7) is 1.33. The summed E-state index contributed by atoms with van der Waals surface area (Å²) in [6, 6.07) is 14.4. The van der Waals surface area contributed by atoms with E-state index in [0.717, 1.165) is 25.8 Å². The van der Waals surface area contributed by atoms with Gasteiger partial charge < -0.3 is 10.6 Å². The minimum Gasteiger partial charge on any atom is -0.338 e. The van der Waals surface area contributed by atoms with E-state index < -0.39 is 0 Å². The van der Waals surface area contributed by atoms with E-state index in [9.17, 15) is 4.79 Å². The summed E-state index contributed by atoms with van der Waals surface area (Å²) in [7, 11) is 0. The predicted octanol–water partition coefficient (Wildman–Crippen LogP) is 3.57. The van der Waals surface area contributed by atoms with Gasteiger partial charge in [0.2, 0.25) is 0 Å². The molecule has 4 heteroatoms. The first-order valence-corrected chi connectivity index (χ1v) is 7.80. The minimum atomic E-state index is -0.0851. The molecule has 0 saturated carbocycles. The summed E-state index contributed by atoms with van der Waals surface area (Å²) >= 11 is 1.65. The van der Waals surface area contributed by atoms with Crippen molar-refractivity contribution in [2.75, 3.05) is 6.54 Å². The smallest absolute Gasteiger partial charge is 0.315 e. The van der Waals surface area contributed by atoms with Gasteiger partial charge in [-0.2, -0.15) is 0 Å². The third-order valence-corrected chi connectivity index (χ3v) is 3.90. The zero-order valence-electron chi connectivity index (χ0n) is 11.5. The van der Waals surface area contributed by atoms with E-state index in [1.165, 1.54) is 10.4 Å². The monoisotopic (exact) mass is 288 g/mol. The summed E-state index contributed by atoms with van der Waals surface area (Å²) in [5, 5.41) is 7.75. The van der Waals surface area contributed by atoms with Crippen LogP contribution in [-0.2, 0) is 13.0 Å². The van der Waals surface area contributed by atoms with E-state index in [4.69, 9.17) is 0 Å². The van der Waals surface area contributed by atoms with E-state index in [-0.39, 0.29) is 6.03 Å². The lowest BCUT2D eigenvalue weighted by Crippen LogP contribution is -2.35. The standard InChI is InChI=1S/C16H20N2OS/c19-16(18-13-15-10-6-12-20-15)17-11-5-4-9-14-7-2-1-3-8-14/h1-3,6-8,10,12H,4-5,9,11,13H2,(H2,17,18,19). The first kappa shape index (κ1) is 14.6. The van der Waals surface area contributed by atoms with Gasteiger partial charge in [0.25, 0.3) is 0 Å². The maximum Gasteiger partial charge on any atom is 0.315 e. The maximum absolute atomic E-state index is 11.6. The molecule has 0 aliphatic rings. The second kappa shape index (κ2) is 8.38. The number of amides is 2. The molecule has 0 aliphatic carbocycles. The van der Waals surface area contributed by atoms with Gasteiger partial charge in [-0.3, -0.25) is 0 Å². The summed E-state index contributed by atoms with van der Waals surface area (Å²) in [5.74, 6) is 0. The highest BCUT2D eigenvalue weighted by Crippen LogP contribution is 2.07. The number of thiophene rings is 1. The fourth-order valence-electron chi connectivity index (χ4n) is 1.94. The Hall–Kier alpha value is -1.81. The van der Waals surface area contributed by atoms with Crippen molar-refractivity contribution in [2.24, 2.45) is 0 Å². The van der Waals surface area contributed by atoms with Crippen molar-refractivity contribution in [3.05, 3.63) is 58.3 Å². The van der Waals surface area contributed by atoms with Crippen LogP contribution >= 0.6 is 11.3 Å². The van der Waals surface area contributed by atoms with Gasteiger partial charge in [-0.15, -0.1) is 11.3 Å². The molecule has 0 atom stereocenters. The number of aryl methyl sites for hydroxylation is 1. The minimum absolute atomic E-state index is 0.0851. The van der Waals surface area contributed by atoms with Crippen LogP contribution in [-0.4, -0.2) is 12.6 Å². The van der Waals surface area contributed by atoms with Crippen LogP contribution < -0.4 is 10.6 Å². The quantitative estimate of drug-likeness (QED) is 0.751. The normalized spacial score (nSPS) is 10.2. The van der Waals surface area contributed by atoms with Gasteiger partial charge >= 0.3 is 6.03 Å². The van der Waals surface area contributed by atoms with Gasteiger partial charge in [-0.05, 0) is 36.3 Å². The van der Waals surface area contributed by atoms with Crippen LogP contribution in [0.25, 0.3) is 0 Å². The number of unbranched alkanes of at least 4 members (excludes halogenated alkanes) is 1. The lowest BCUT2D eigenvalue weighted by Gasteiger charge is -2.06. The molecule has 106 valence electrons. The second-order valence-corrected chi connectivity index (χ2v) is 5.66. The number of rotatable bonds is 7. The number of carbonyl (C=O) groups excluding carboxylic acids is 1. The number of urea groups is 1. The van der Waals surface area contributed by atoms with Crippen molar-refractivity contribution in [1.29, 1.82) is 0 Å². The molecule has 0 fully saturated rings. The van der Waals surface area contributed by atoms with Crippen molar-refractivity contribution in [3.8, 4) is 0 Å². The average Bonchev–Trinajstić information content (AvgIpc) is 2.99. The molecule has 2 aromatic rings. The van der Waals surface area contributed by atoms with Crippen molar-refractivity contribution < 1.29 is 4.79 Å². The summed E-state index contributed by atoms with van der Waals surface area (Å²) in [6.07, 6.45) is 3.16. The van der Waals surface area contributed by atoms with Crippen LogP contribution in [0.4, 0.5) is 4.79 Å². The average molecular weight is 288 g/mol. The first-order valence-electron chi connectivity index (χ1n) is 6.92. The highest BCUT2D eigenvalue weighted by molar-refractivity contribution is 7.09. The summed E-state index contributed by atoms with van der Waals surface area (Å²) in [4.78, 5) is 12.7. The van der Waals surface area contributed by atoms with Gasteiger partial charge in [0.05, 0.1) is 6.54 Å². The second-order valence-electron chi connectivity index (χ2n) is 4.63. The molecule has 2 rings (SSSR count). The van der Waals surface area contributed by atoms with E-state index in [1.54, 1.807) is 11.3 Å². The molecule has 1 aromatic heterocycles. The lowest BCUT2D eigenvalue weighted by atomic mass is 10.1. The SMILES string of the molecule is O=C(NCCCCc1ccccc1)NCc1cccs1. The van der Waals surface area contributed by atoms with Crippen LogP contribution in [0.1, 0.15) is 23.3 Å². The number of carbonyl (C=O) groups is 1. The van der Waals surface area contributed by atoms with Crippen LogP contribution in [0.3, 0.4) is 0 Å². The van der Waals surface area contributed by atoms with E-state index in [2.05, 4.69) is 34.9 Å². The third-order valence-electron chi connectivity index (χ3n) is 3.02. The Balaban J connectivity index is 1.51. The van der Waals surface area contributed by atoms with Crippen molar-refractivity contribution in [1.82, 2.24) is 10.6 Å². The molecule has 0 unspecified atom stereocenters. The Morgan fingerprint density at radius 3 is 2.60 bits per heavy atom. The summed E-state index contributed by atoms with van der Waals surface area (Å²) < 4.78 is 0. The van der Waals surface area contributed by atoms with Gasteiger partial charge in [-0.1, -0.05) is 36.4 Å². The van der Waals surface area contributed by atoms with Gasteiger partial charge in [0.1, 0.15) is 0 Å². The van der Waals surface area contributed by atoms with Crippen LogP contribution in [0.5, 0.6) is 0 Å². The molecule has 0 radical (unpaired) electrons. The Labute approximate surface area is 124 Å². The maximum atomic E-state index is 11.6. The highest BCUT2D eigenvalue weighted by atomic mass is 32.1.